The summed E-state index contributed by atoms with van der Waals surface area (Å²) in [5, 5.41) is 12.1. The first-order chi connectivity index (χ1) is 12.8. The molecule has 27 heavy (non-hydrogen) atoms. The fourth-order valence-corrected chi connectivity index (χ4v) is 4.02. The Bertz CT molecular complexity index is 1000. The van der Waals surface area contributed by atoms with Crippen molar-refractivity contribution in [2.45, 2.75) is 32.9 Å². The number of nitrogens with one attached hydrogen (secondary N) is 1. The highest BCUT2D eigenvalue weighted by molar-refractivity contribution is 9.10. The van der Waals surface area contributed by atoms with Crippen molar-refractivity contribution in [1.82, 2.24) is 14.8 Å². The highest BCUT2D eigenvalue weighted by Gasteiger charge is 2.15. The smallest absolute Gasteiger partial charge is 0.234 e. The third-order valence-electron chi connectivity index (χ3n) is 4.20. The van der Waals surface area contributed by atoms with Crippen molar-refractivity contribution in [3.8, 4) is 5.69 Å². The summed E-state index contributed by atoms with van der Waals surface area (Å²) < 4.78 is 3.00. The molecule has 140 valence electrons. The molecule has 0 spiro atoms. The fraction of sp³-hybridized carbons (Fsp3) is 0.250. The summed E-state index contributed by atoms with van der Waals surface area (Å²) >= 11 is 4.81. The average molecular weight is 445 g/mol. The maximum absolute atomic E-state index is 12.4. The Kier molecular flexibility index (Phi) is 6.01. The number of carbonyl (C=O) groups is 1. The molecule has 0 aliphatic rings. The maximum atomic E-state index is 12.4. The first-order valence-corrected chi connectivity index (χ1v) is 10.3. The molecule has 2 aromatic carbocycles. The number of aromatic nitrogens is 3. The van der Waals surface area contributed by atoms with Crippen LogP contribution >= 0.6 is 27.7 Å². The van der Waals surface area contributed by atoms with Crippen LogP contribution < -0.4 is 5.32 Å². The van der Waals surface area contributed by atoms with Crippen LogP contribution in [-0.4, -0.2) is 26.4 Å². The number of thioether (sulfide) groups is 1. The van der Waals surface area contributed by atoms with Gasteiger partial charge in [0.05, 0.1) is 11.4 Å². The number of anilines is 1. The zero-order chi connectivity index (χ0) is 19.6. The summed E-state index contributed by atoms with van der Waals surface area (Å²) in [6.07, 6.45) is 0. The van der Waals surface area contributed by atoms with Crippen LogP contribution in [0.15, 0.2) is 46.0 Å². The van der Waals surface area contributed by atoms with Gasteiger partial charge in [0, 0.05) is 10.2 Å². The maximum Gasteiger partial charge on any atom is 0.234 e. The molecule has 1 heterocycles. The number of rotatable bonds is 5. The van der Waals surface area contributed by atoms with Gasteiger partial charge in [0.1, 0.15) is 5.82 Å². The Morgan fingerprint density at radius 1 is 1.07 bits per heavy atom. The van der Waals surface area contributed by atoms with Gasteiger partial charge in [0.25, 0.3) is 0 Å². The van der Waals surface area contributed by atoms with E-state index < -0.39 is 0 Å². The molecule has 1 amide bonds. The minimum Gasteiger partial charge on any atom is -0.325 e. The minimum absolute atomic E-state index is 0.0708. The molecule has 0 saturated carbocycles. The third-order valence-corrected chi connectivity index (χ3v) is 5.62. The Morgan fingerprint density at radius 3 is 2.59 bits per heavy atom. The van der Waals surface area contributed by atoms with Crippen LogP contribution in [0.2, 0.25) is 0 Å². The standard InChI is InChI=1S/C20H21BrN4OS/c1-12-5-6-13(2)18(9-12)25-15(4)23-24-20(25)27-11-19(26)22-17-8-7-16(21)10-14(17)3/h5-10H,11H2,1-4H3,(H,22,26). The Hall–Kier alpha value is -2.12. The van der Waals surface area contributed by atoms with Gasteiger partial charge in [-0.1, -0.05) is 39.8 Å². The fourth-order valence-electron chi connectivity index (χ4n) is 2.76. The molecule has 0 saturated heterocycles. The molecule has 0 unspecified atom stereocenters. The number of halogens is 1. The Balaban J connectivity index is 1.75. The zero-order valence-electron chi connectivity index (χ0n) is 15.7. The van der Waals surface area contributed by atoms with E-state index in [0.717, 1.165) is 32.8 Å². The number of aryl methyl sites for hydroxylation is 4. The van der Waals surface area contributed by atoms with Crippen molar-refractivity contribution in [2.75, 3.05) is 11.1 Å². The van der Waals surface area contributed by atoms with Crippen LogP contribution in [0, 0.1) is 27.7 Å². The van der Waals surface area contributed by atoms with E-state index in [1.165, 1.54) is 17.3 Å². The van der Waals surface area contributed by atoms with E-state index >= 15 is 0 Å². The predicted octanol–water partition coefficient (Wildman–Crippen LogP) is 4.99. The molecule has 0 fully saturated rings. The molecule has 3 rings (SSSR count). The van der Waals surface area contributed by atoms with E-state index in [0.29, 0.717) is 5.16 Å². The molecule has 0 atom stereocenters. The van der Waals surface area contributed by atoms with Crippen LogP contribution in [0.1, 0.15) is 22.5 Å². The highest BCUT2D eigenvalue weighted by Crippen LogP contribution is 2.25. The lowest BCUT2D eigenvalue weighted by Gasteiger charge is -2.12. The molecular formula is C20H21BrN4OS. The number of nitrogens with zero attached hydrogens (tertiary/aromatic N) is 3. The molecule has 0 bridgehead atoms. The zero-order valence-corrected chi connectivity index (χ0v) is 18.1. The number of carbonyl (C=O) groups excluding carboxylic acids is 1. The summed E-state index contributed by atoms with van der Waals surface area (Å²) in [6, 6.07) is 12.1. The summed E-state index contributed by atoms with van der Waals surface area (Å²) in [5.41, 5.74) is 5.18. The van der Waals surface area contributed by atoms with Gasteiger partial charge >= 0.3 is 0 Å². The summed E-state index contributed by atoms with van der Waals surface area (Å²) in [6.45, 7) is 8.01. The van der Waals surface area contributed by atoms with Gasteiger partial charge in [-0.3, -0.25) is 9.36 Å². The molecule has 0 aliphatic carbocycles. The van der Waals surface area contributed by atoms with Crippen LogP contribution in [0.3, 0.4) is 0 Å². The predicted molar refractivity (Wildman–Crippen MR) is 114 cm³/mol. The molecular weight excluding hydrogens is 424 g/mol. The quantitative estimate of drug-likeness (QED) is 0.562. The summed E-state index contributed by atoms with van der Waals surface area (Å²) in [5.74, 6) is 0.993. The van der Waals surface area contributed by atoms with Gasteiger partial charge in [0.2, 0.25) is 5.91 Å². The van der Waals surface area contributed by atoms with Gasteiger partial charge < -0.3 is 5.32 Å². The van der Waals surface area contributed by atoms with Gasteiger partial charge in [-0.05, 0) is 68.7 Å². The molecule has 3 aromatic rings. The highest BCUT2D eigenvalue weighted by atomic mass is 79.9. The lowest BCUT2D eigenvalue weighted by molar-refractivity contribution is -0.113. The number of benzene rings is 2. The van der Waals surface area contributed by atoms with E-state index in [1.807, 2.05) is 36.6 Å². The van der Waals surface area contributed by atoms with Gasteiger partial charge in [-0.2, -0.15) is 0 Å². The van der Waals surface area contributed by atoms with E-state index in [-0.39, 0.29) is 11.7 Å². The minimum atomic E-state index is -0.0708. The lowest BCUT2D eigenvalue weighted by Crippen LogP contribution is -2.15. The van der Waals surface area contributed by atoms with Gasteiger partial charge in [-0.25, -0.2) is 0 Å². The van der Waals surface area contributed by atoms with Crippen molar-refractivity contribution in [3.63, 3.8) is 0 Å². The third kappa shape index (κ3) is 4.59. The molecule has 1 aromatic heterocycles. The van der Waals surface area contributed by atoms with Crippen LogP contribution in [0.5, 0.6) is 0 Å². The first-order valence-electron chi connectivity index (χ1n) is 8.53. The van der Waals surface area contributed by atoms with Crippen molar-refractivity contribution >= 4 is 39.3 Å². The van der Waals surface area contributed by atoms with Gasteiger partial charge in [-0.15, -0.1) is 10.2 Å². The second kappa shape index (κ2) is 8.27. The molecule has 7 heteroatoms. The normalized spacial score (nSPS) is 10.9. The Morgan fingerprint density at radius 2 is 1.85 bits per heavy atom. The second-order valence-electron chi connectivity index (χ2n) is 6.45. The van der Waals surface area contributed by atoms with Crippen LogP contribution in [0.25, 0.3) is 5.69 Å². The van der Waals surface area contributed by atoms with Crippen LogP contribution in [0.4, 0.5) is 5.69 Å². The summed E-state index contributed by atoms with van der Waals surface area (Å²) in [7, 11) is 0. The largest absolute Gasteiger partial charge is 0.325 e. The number of amides is 1. The van der Waals surface area contributed by atoms with E-state index in [9.17, 15) is 4.79 Å². The van der Waals surface area contributed by atoms with E-state index in [2.05, 4.69) is 63.5 Å². The number of hydrogen-bond acceptors (Lipinski definition) is 4. The van der Waals surface area contributed by atoms with E-state index in [1.54, 1.807) is 0 Å². The van der Waals surface area contributed by atoms with Crippen molar-refractivity contribution < 1.29 is 4.79 Å². The van der Waals surface area contributed by atoms with Crippen molar-refractivity contribution in [2.24, 2.45) is 0 Å². The van der Waals surface area contributed by atoms with Crippen LogP contribution in [-0.2, 0) is 4.79 Å². The Labute approximate surface area is 171 Å². The van der Waals surface area contributed by atoms with E-state index in [4.69, 9.17) is 0 Å². The lowest BCUT2D eigenvalue weighted by atomic mass is 10.1. The molecule has 0 radical (unpaired) electrons. The molecule has 5 nitrogen and oxygen atoms in total. The molecule has 0 aliphatic heterocycles. The first kappa shape index (κ1) is 19.6. The van der Waals surface area contributed by atoms with Gasteiger partial charge in [0.15, 0.2) is 5.16 Å². The number of hydrogen-bond donors (Lipinski definition) is 1. The monoisotopic (exact) mass is 444 g/mol. The SMILES string of the molecule is Cc1ccc(C)c(-n2c(C)nnc2SCC(=O)Nc2ccc(Br)cc2C)c1. The topological polar surface area (TPSA) is 59.8 Å². The van der Waals surface area contributed by atoms with Crippen molar-refractivity contribution in [3.05, 3.63) is 63.4 Å². The summed E-state index contributed by atoms with van der Waals surface area (Å²) in [4.78, 5) is 12.4. The second-order valence-corrected chi connectivity index (χ2v) is 8.31. The average Bonchev–Trinajstić information content (AvgIpc) is 2.98. The van der Waals surface area contributed by atoms with Crippen molar-refractivity contribution in [1.29, 1.82) is 0 Å². The molecule has 1 N–H and O–H groups in total.